The Kier molecular flexibility index (Phi) is 4.08. The highest BCUT2D eigenvalue weighted by Gasteiger charge is 2.41. The van der Waals surface area contributed by atoms with Gasteiger partial charge in [-0.1, -0.05) is 0 Å². The van der Waals surface area contributed by atoms with Crippen LogP contribution < -0.4 is 11.2 Å². The van der Waals surface area contributed by atoms with Crippen LogP contribution in [-0.4, -0.2) is 23.1 Å². The van der Waals surface area contributed by atoms with Crippen molar-refractivity contribution in [3.05, 3.63) is 24.0 Å². The lowest BCUT2D eigenvalue weighted by molar-refractivity contribution is -0.203. The second kappa shape index (κ2) is 5.34. The van der Waals surface area contributed by atoms with E-state index < -0.39 is 18.1 Å². The quantitative estimate of drug-likeness (QED) is 0.446. The van der Waals surface area contributed by atoms with Crippen LogP contribution in [0.5, 0.6) is 0 Å². The molecule has 0 aliphatic rings. The average Bonchev–Trinajstić information content (AvgIpc) is 2.24. The number of aryl methyl sites for hydroxylation is 1. The van der Waals surface area contributed by atoms with E-state index in [-0.39, 0.29) is 0 Å². The van der Waals surface area contributed by atoms with Crippen LogP contribution in [0.25, 0.3) is 0 Å². The maximum Gasteiger partial charge on any atom is 0.493 e. The summed E-state index contributed by atoms with van der Waals surface area (Å²) in [5.41, 5.74) is 7.82. The first-order chi connectivity index (χ1) is 8.29. The van der Waals surface area contributed by atoms with Crippen LogP contribution in [0.3, 0.4) is 0 Å². The number of halogens is 3. The molecule has 0 aromatic carbocycles. The highest BCUT2D eigenvalue weighted by atomic mass is 19.4. The van der Waals surface area contributed by atoms with E-state index in [1.54, 1.807) is 18.5 Å². The summed E-state index contributed by atoms with van der Waals surface area (Å²) in [5, 5.41) is 0. The SMILES string of the molecule is Cc1cc(N=C(N)NOC(=O)C(F)(F)F)ccn1. The Hall–Kier alpha value is -2.32. The van der Waals surface area contributed by atoms with Crippen LogP contribution >= 0.6 is 0 Å². The van der Waals surface area contributed by atoms with E-state index >= 15 is 0 Å². The number of rotatable bonds is 1. The molecule has 1 aromatic heterocycles. The van der Waals surface area contributed by atoms with Gasteiger partial charge in [0.2, 0.25) is 5.96 Å². The first-order valence-corrected chi connectivity index (χ1v) is 4.60. The molecule has 0 radical (unpaired) electrons. The Morgan fingerprint density at radius 1 is 1.56 bits per heavy atom. The number of carbonyl (C=O) groups excluding carboxylic acids is 1. The van der Waals surface area contributed by atoms with E-state index in [0.29, 0.717) is 11.4 Å². The summed E-state index contributed by atoms with van der Waals surface area (Å²) in [6.07, 6.45) is -3.65. The van der Waals surface area contributed by atoms with Crippen LogP contribution in [0.15, 0.2) is 23.3 Å². The van der Waals surface area contributed by atoms with Crippen molar-refractivity contribution < 1.29 is 22.8 Å². The summed E-state index contributed by atoms with van der Waals surface area (Å²) in [6, 6.07) is 3.02. The first-order valence-electron chi connectivity index (χ1n) is 4.60. The van der Waals surface area contributed by atoms with Gasteiger partial charge >= 0.3 is 12.1 Å². The summed E-state index contributed by atoms with van der Waals surface area (Å²) < 4.78 is 35.3. The van der Waals surface area contributed by atoms with Gasteiger partial charge in [-0.25, -0.2) is 9.79 Å². The molecule has 0 spiro atoms. The summed E-state index contributed by atoms with van der Waals surface area (Å²) >= 11 is 0. The molecule has 1 rings (SSSR count). The minimum absolute atomic E-state index is 0.357. The smallest absolute Gasteiger partial charge is 0.367 e. The van der Waals surface area contributed by atoms with Gasteiger partial charge in [-0.15, -0.1) is 0 Å². The van der Waals surface area contributed by atoms with Crippen LogP contribution in [0.1, 0.15) is 5.69 Å². The van der Waals surface area contributed by atoms with Crippen molar-refractivity contribution in [1.82, 2.24) is 10.5 Å². The summed E-state index contributed by atoms with van der Waals surface area (Å²) in [7, 11) is 0. The number of nitrogens with two attached hydrogens (primary N) is 1. The van der Waals surface area contributed by atoms with E-state index in [9.17, 15) is 18.0 Å². The largest absolute Gasteiger partial charge is 0.493 e. The van der Waals surface area contributed by atoms with E-state index in [1.165, 1.54) is 12.3 Å². The Balaban J connectivity index is 2.61. The molecule has 0 saturated carbocycles. The highest BCUT2D eigenvalue weighted by molar-refractivity contribution is 5.82. The summed E-state index contributed by atoms with van der Waals surface area (Å²) in [4.78, 5) is 21.6. The molecule has 1 aromatic rings. The molecule has 0 amide bonds. The third-order valence-corrected chi connectivity index (χ3v) is 1.61. The lowest BCUT2D eigenvalue weighted by Gasteiger charge is -2.07. The van der Waals surface area contributed by atoms with Gasteiger partial charge in [0.05, 0.1) is 5.69 Å². The van der Waals surface area contributed by atoms with Crippen LogP contribution in [0, 0.1) is 6.92 Å². The van der Waals surface area contributed by atoms with Crippen molar-refractivity contribution in [1.29, 1.82) is 0 Å². The molecule has 0 aliphatic heterocycles. The molecular weight excluding hydrogens is 253 g/mol. The second-order valence-corrected chi connectivity index (χ2v) is 3.14. The highest BCUT2D eigenvalue weighted by Crippen LogP contribution is 2.15. The van der Waals surface area contributed by atoms with E-state index in [2.05, 4.69) is 14.8 Å². The van der Waals surface area contributed by atoms with Crippen molar-refractivity contribution in [3.63, 3.8) is 0 Å². The second-order valence-electron chi connectivity index (χ2n) is 3.14. The lowest BCUT2D eigenvalue weighted by atomic mass is 10.3. The lowest BCUT2D eigenvalue weighted by Crippen LogP contribution is -2.38. The average molecular weight is 262 g/mol. The molecule has 0 fully saturated rings. The zero-order valence-electron chi connectivity index (χ0n) is 9.15. The zero-order valence-corrected chi connectivity index (χ0v) is 9.15. The predicted octanol–water partition coefficient (Wildman–Crippen LogP) is 0.946. The molecule has 1 heterocycles. The van der Waals surface area contributed by atoms with Gasteiger partial charge in [-0.05, 0) is 19.1 Å². The van der Waals surface area contributed by atoms with Gasteiger partial charge in [0, 0.05) is 11.9 Å². The van der Waals surface area contributed by atoms with Gasteiger partial charge in [-0.3, -0.25) is 4.98 Å². The van der Waals surface area contributed by atoms with Crippen molar-refractivity contribution in [2.24, 2.45) is 10.7 Å². The fourth-order valence-corrected chi connectivity index (χ4v) is 0.919. The maximum absolute atomic E-state index is 11.8. The Morgan fingerprint density at radius 2 is 2.22 bits per heavy atom. The number of nitrogens with zero attached hydrogens (tertiary/aromatic N) is 2. The molecule has 9 heteroatoms. The molecule has 18 heavy (non-hydrogen) atoms. The van der Waals surface area contributed by atoms with Crippen LogP contribution in [0.4, 0.5) is 18.9 Å². The number of alkyl halides is 3. The fraction of sp³-hybridized carbons (Fsp3) is 0.222. The molecule has 98 valence electrons. The van der Waals surface area contributed by atoms with Gasteiger partial charge in [0.25, 0.3) is 0 Å². The Labute approximate surface area is 99.6 Å². The summed E-state index contributed by atoms with van der Waals surface area (Å²) in [6.45, 7) is 1.70. The number of hydrogen-bond acceptors (Lipinski definition) is 4. The number of aromatic nitrogens is 1. The standard InChI is InChI=1S/C9H9F3N4O2/c1-5-4-6(2-3-14-5)15-8(13)16-18-7(17)9(10,11)12/h2-4H,1H3,(H3,13,14,15,16). The number of hydrogen-bond donors (Lipinski definition) is 2. The van der Waals surface area contributed by atoms with E-state index in [1.807, 2.05) is 0 Å². The maximum atomic E-state index is 11.8. The molecule has 0 unspecified atom stereocenters. The minimum Gasteiger partial charge on any atom is -0.367 e. The number of guanidine groups is 1. The Bertz CT molecular complexity index is 473. The van der Waals surface area contributed by atoms with Crippen LogP contribution in [-0.2, 0) is 9.63 Å². The van der Waals surface area contributed by atoms with Gasteiger partial charge in [0.1, 0.15) is 0 Å². The molecule has 0 bridgehead atoms. The normalized spacial score (nSPS) is 12.1. The molecule has 0 saturated heterocycles. The van der Waals surface area contributed by atoms with Gasteiger partial charge in [-0.2, -0.15) is 18.7 Å². The monoisotopic (exact) mass is 262 g/mol. The predicted molar refractivity (Wildman–Crippen MR) is 55.5 cm³/mol. The molecule has 3 N–H and O–H groups in total. The number of nitrogens with one attached hydrogen (secondary N) is 1. The molecular formula is C9H9F3N4O2. The van der Waals surface area contributed by atoms with Crippen molar-refractivity contribution in [2.45, 2.75) is 13.1 Å². The van der Waals surface area contributed by atoms with Crippen molar-refractivity contribution in [3.8, 4) is 0 Å². The van der Waals surface area contributed by atoms with Gasteiger partial charge in [0.15, 0.2) is 0 Å². The first kappa shape index (κ1) is 13.7. The molecule has 0 aliphatic carbocycles. The molecule has 0 atom stereocenters. The summed E-state index contributed by atoms with van der Waals surface area (Å²) in [5.74, 6) is -2.90. The fourth-order valence-electron chi connectivity index (χ4n) is 0.919. The zero-order chi connectivity index (χ0) is 13.8. The van der Waals surface area contributed by atoms with Crippen molar-refractivity contribution >= 4 is 17.6 Å². The van der Waals surface area contributed by atoms with Crippen LogP contribution in [0.2, 0.25) is 0 Å². The minimum atomic E-state index is -5.10. The Morgan fingerprint density at radius 3 is 2.78 bits per heavy atom. The van der Waals surface area contributed by atoms with E-state index in [0.717, 1.165) is 0 Å². The van der Waals surface area contributed by atoms with Crippen molar-refractivity contribution in [2.75, 3.05) is 0 Å². The van der Waals surface area contributed by atoms with Gasteiger partial charge < -0.3 is 10.6 Å². The number of aliphatic imine (C=N–C) groups is 1. The number of hydroxylamine groups is 1. The third-order valence-electron chi connectivity index (χ3n) is 1.61. The number of carbonyl (C=O) groups is 1. The topological polar surface area (TPSA) is 89.6 Å². The third kappa shape index (κ3) is 4.28. The van der Waals surface area contributed by atoms with E-state index in [4.69, 9.17) is 5.73 Å². The molecule has 6 nitrogen and oxygen atoms in total. The number of pyridine rings is 1.